The summed E-state index contributed by atoms with van der Waals surface area (Å²) in [5.41, 5.74) is 0.272. The highest BCUT2D eigenvalue weighted by Gasteiger charge is 2.33. The van der Waals surface area contributed by atoms with E-state index in [2.05, 4.69) is 5.32 Å². The third kappa shape index (κ3) is 2.49. The number of rotatable bonds is 4. The number of halogens is 2. The molecular formula is C13H16ClFN2O. The van der Waals surface area contributed by atoms with Crippen LogP contribution in [0.5, 0.6) is 0 Å². The van der Waals surface area contributed by atoms with Gasteiger partial charge in [-0.05, 0) is 31.5 Å². The van der Waals surface area contributed by atoms with Crippen molar-refractivity contribution in [1.29, 1.82) is 0 Å². The molecule has 1 saturated heterocycles. The Morgan fingerprint density at radius 2 is 2.33 bits per heavy atom. The molecule has 0 spiro atoms. The van der Waals surface area contributed by atoms with Crippen LogP contribution in [0.1, 0.15) is 19.8 Å². The maximum Gasteiger partial charge on any atom is 0.244 e. The summed E-state index contributed by atoms with van der Waals surface area (Å²) in [6, 6.07) is 4.51. The topological polar surface area (TPSA) is 32.3 Å². The molecule has 1 N–H and O–H groups in total. The van der Waals surface area contributed by atoms with Gasteiger partial charge >= 0.3 is 0 Å². The van der Waals surface area contributed by atoms with Gasteiger partial charge in [0.05, 0.1) is 16.8 Å². The molecule has 1 unspecified atom stereocenters. The minimum Gasteiger partial charge on any atom is -0.308 e. The van der Waals surface area contributed by atoms with Crippen molar-refractivity contribution in [3.8, 4) is 0 Å². The molecule has 1 amide bonds. The molecule has 3 nitrogen and oxygen atoms in total. The van der Waals surface area contributed by atoms with Crippen LogP contribution in [-0.4, -0.2) is 25.0 Å². The Bertz CT molecular complexity index is 453. The highest BCUT2D eigenvalue weighted by Crippen LogP contribution is 2.28. The minimum atomic E-state index is -0.524. The molecular weight excluding hydrogens is 255 g/mol. The summed E-state index contributed by atoms with van der Waals surface area (Å²) in [5.74, 6) is -0.603. The molecule has 5 heteroatoms. The van der Waals surface area contributed by atoms with Gasteiger partial charge in [0.25, 0.3) is 0 Å². The zero-order chi connectivity index (χ0) is 13.1. The summed E-state index contributed by atoms with van der Waals surface area (Å²) in [4.78, 5) is 13.6. The Labute approximate surface area is 111 Å². The molecule has 0 bridgehead atoms. The molecule has 0 radical (unpaired) electrons. The fraction of sp³-hybridized carbons (Fsp3) is 0.462. The lowest BCUT2D eigenvalue weighted by Gasteiger charge is -2.18. The number of nitrogens with one attached hydrogen (secondary N) is 1. The lowest BCUT2D eigenvalue weighted by molar-refractivity contribution is -0.118. The van der Waals surface area contributed by atoms with Crippen LogP contribution in [0.25, 0.3) is 0 Å². The van der Waals surface area contributed by atoms with E-state index in [0.29, 0.717) is 13.0 Å². The number of carbonyl (C=O) groups excluding carboxylic acids is 1. The predicted octanol–water partition coefficient (Wildman–Crippen LogP) is 2.58. The Morgan fingerprint density at radius 3 is 3.06 bits per heavy atom. The molecule has 1 aromatic carbocycles. The maximum atomic E-state index is 13.9. The average Bonchev–Trinajstić information content (AvgIpc) is 2.72. The van der Waals surface area contributed by atoms with E-state index in [0.717, 1.165) is 13.0 Å². The fourth-order valence-electron chi connectivity index (χ4n) is 2.13. The first kappa shape index (κ1) is 13.3. The van der Waals surface area contributed by atoms with Crippen LogP contribution in [0, 0.1) is 5.82 Å². The smallest absolute Gasteiger partial charge is 0.244 e. The van der Waals surface area contributed by atoms with Crippen molar-refractivity contribution in [3.05, 3.63) is 29.0 Å². The third-order valence-corrected chi connectivity index (χ3v) is 3.36. The lowest BCUT2D eigenvalue weighted by Crippen LogP contribution is -2.38. The molecule has 1 aromatic rings. The molecule has 0 aromatic heterocycles. The molecule has 1 aliphatic rings. The summed E-state index contributed by atoms with van der Waals surface area (Å²) in [6.45, 7) is 3.36. The van der Waals surface area contributed by atoms with E-state index in [1.54, 1.807) is 12.1 Å². The van der Waals surface area contributed by atoms with Gasteiger partial charge in [0, 0.05) is 6.54 Å². The van der Waals surface area contributed by atoms with Gasteiger partial charge in [-0.15, -0.1) is 0 Å². The Balaban J connectivity index is 2.16. The molecule has 1 aliphatic heterocycles. The van der Waals surface area contributed by atoms with E-state index in [1.807, 2.05) is 6.92 Å². The van der Waals surface area contributed by atoms with Crippen LogP contribution in [-0.2, 0) is 4.79 Å². The van der Waals surface area contributed by atoms with E-state index >= 15 is 0 Å². The van der Waals surface area contributed by atoms with E-state index in [1.165, 1.54) is 11.0 Å². The molecule has 0 saturated carbocycles. The van der Waals surface area contributed by atoms with Gasteiger partial charge < -0.3 is 10.2 Å². The number of carbonyl (C=O) groups is 1. The summed E-state index contributed by atoms with van der Waals surface area (Å²) in [5, 5.41) is 3.21. The molecule has 1 atom stereocenters. The normalized spacial score (nSPS) is 19.6. The van der Waals surface area contributed by atoms with Gasteiger partial charge in [-0.2, -0.15) is 0 Å². The van der Waals surface area contributed by atoms with Crippen molar-refractivity contribution in [3.63, 3.8) is 0 Å². The van der Waals surface area contributed by atoms with Gasteiger partial charge in [0.15, 0.2) is 5.82 Å². The van der Waals surface area contributed by atoms with E-state index in [9.17, 15) is 9.18 Å². The van der Waals surface area contributed by atoms with Gasteiger partial charge in [-0.3, -0.25) is 4.79 Å². The first-order valence-electron chi connectivity index (χ1n) is 6.14. The van der Waals surface area contributed by atoms with Crippen molar-refractivity contribution in [2.24, 2.45) is 0 Å². The van der Waals surface area contributed by atoms with Gasteiger partial charge in [-0.1, -0.05) is 24.6 Å². The Hall–Kier alpha value is -1.13. The van der Waals surface area contributed by atoms with E-state index in [4.69, 9.17) is 11.6 Å². The zero-order valence-electron chi connectivity index (χ0n) is 10.2. The zero-order valence-corrected chi connectivity index (χ0v) is 11.0. The van der Waals surface area contributed by atoms with E-state index < -0.39 is 5.82 Å². The quantitative estimate of drug-likeness (QED) is 0.912. The first-order chi connectivity index (χ1) is 8.65. The summed E-state index contributed by atoms with van der Waals surface area (Å²) < 4.78 is 13.9. The summed E-state index contributed by atoms with van der Waals surface area (Å²) in [7, 11) is 0. The van der Waals surface area contributed by atoms with Crippen LogP contribution in [0.15, 0.2) is 18.2 Å². The second-order valence-corrected chi connectivity index (χ2v) is 4.77. The van der Waals surface area contributed by atoms with Crippen LogP contribution >= 0.6 is 11.6 Å². The second-order valence-electron chi connectivity index (χ2n) is 4.36. The summed E-state index contributed by atoms with van der Waals surface area (Å²) in [6.07, 6.45) is 1.67. The second kappa shape index (κ2) is 5.67. The van der Waals surface area contributed by atoms with Gasteiger partial charge in [0.2, 0.25) is 5.91 Å². The molecule has 18 heavy (non-hydrogen) atoms. The number of hydrogen-bond acceptors (Lipinski definition) is 2. The van der Waals surface area contributed by atoms with Gasteiger partial charge in [-0.25, -0.2) is 4.39 Å². The Morgan fingerprint density at radius 1 is 1.56 bits per heavy atom. The fourth-order valence-corrected chi connectivity index (χ4v) is 2.30. The number of benzene rings is 1. The van der Waals surface area contributed by atoms with Crippen molar-refractivity contribution in [2.75, 3.05) is 18.0 Å². The van der Waals surface area contributed by atoms with Crippen molar-refractivity contribution in [2.45, 2.75) is 25.8 Å². The minimum absolute atomic E-state index is 0.0465. The van der Waals surface area contributed by atoms with Crippen LogP contribution < -0.4 is 10.2 Å². The highest BCUT2D eigenvalue weighted by atomic mass is 35.5. The Kier molecular flexibility index (Phi) is 4.19. The van der Waals surface area contributed by atoms with E-state index in [-0.39, 0.29) is 22.7 Å². The molecule has 1 fully saturated rings. The molecule has 0 aliphatic carbocycles. The lowest BCUT2D eigenvalue weighted by atomic mass is 10.2. The van der Waals surface area contributed by atoms with Crippen LogP contribution in [0.2, 0.25) is 5.02 Å². The van der Waals surface area contributed by atoms with Gasteiger partial charge in [0.1, 0.15) is 0 Å². The predicted molar refractivity (Wildman–Crippen MR) is 70.5 cm³/mol. The van der Waals surface area contributed by atoms with Crippen LogP contribution in [0.4, 0.5) is 10.1 Å². The van der Waals surface area contributed by atoms with Crippen LogP contribution in [0.3, 0.4) is 0 Å². The monoisotopic (exact) mass is 270 g/mol. The molecule has 2 rings (SSSR count). The third-order valence-electron chi connectivity index (χ3n) is 3.07. The maximum absolute atomic E-state index is 13.9. The number of hydrogen-bond donors (Lipinski definition) is 1. The number of amides is 1. The van der Waals surface area contributed by atoms with Crippen molar-refractivity contribution < 1.29 is 9.18 Å². The standard InChI is InChI=1S/C13H16ClFN2O/c1-2-7-16-10-6-8-17(13(10)18)11-5-3-4-9(14)12(11)15/h3-5,10,16H,2,6-8H2,1H3. The van der Waals surface area contributed by atoms with Crippen molar-refractivity contribution >= 4 is 23.2 Å². The highest BCUT2D eigenvalue weighted by molar-refractivity contribution is 6.31. The largest absolute Gasteiger partial charge is 0.308 e. The number of nitrogens with zero attached hydrogens (tertiary/aromatic N) is 1. The first-order valence-corrected chi connectivity index (χ1v) is 6.51. The summed E-state index contributed by atoms with van der Waals surface area (Å²) >= 11 is 5.73. The molecule has 1 heterocycles. The number of anilines is 1. The molecule has 98 valence electrons. The average molecular weight is 271 g/mol. The SMILES string of the molecule is CCCNC1CCN(c2cccc(Cl)c2F)C1=O. The van der Waals surface area contributed by atoms with Crippen molar-refractivity contribution in [1.82, 2.24) is 5.32 Å².